The van der Waals surface area contributed by atoms with Crippen molar-refractivity contribution in [3.8, 4) is 0 Å². The Morgan fingerprint density at radius 1 is 1.16 bits per heavy atom. The van der Waals surface area contributed by atoms with Gasteiger partial charge in [0, 0.05) is 12.1 Å². The van der Waals surface area contributed by atoms with Crippen LogP contribution in [0, 0.1) is 11.7 Å². The van der Waals surface area contributed by atoms with E-state index >= 15 is 0 Å². The predicted octanol–water partition coefficient (Wildman–Crippen LogP) is 4.37. The standard InChI is InChI=1S/C17H24FN/c1-12(13-5-3-2-4-6-13)19-17-10-7-14-11-15(18)8-9-16(14)17/h8-9,11-13,17,19H,2-7,10H2,1H3/t12-,17?/m0/s1. The van der Waals surface area contributed by atoms with Crippen molar-refractivity contribution in [2.24, 2.45) is 5.92 Å². The minimum Gasteiger partial charge on any atom is -0.307 e. The molecule has 0 aliphatic heterocycles. The van der Waals surface area contributed by atoms with E-state index in [4.69, 9.17) is 0 Å². The number of benzene rings is 1. The highest BCUT2D eigenvalue weighted by Gasteiger charge is 2.27. The Bertz CT molecular complexity index is 437. The van der Waals surface area contributed by atoms with E-state index in [9.17, 15) is 4.39 Å². The van der Waals surface area contributed by atoms with E-state index in [0.29, 0.717) is 12.1 Å². The summed E-state index contributed by atoms with van der Waals surface area (Å²) in [5.74, 6) is 0.734. The molecule has 0 heterocycles. The molecule has 1 aromatic rings. The summed E-state index contributed by atoms with van der Waals surface area (Å²) in [6.45, 7) is 2.33. The molecular formula is C17H24FN. The van der Waals surface area contributed by atoms with Crippen molar-refractivity contribution in [3.63, 3.8) is 0 Å². The Hall–Kier alpha value is -0.890. The molecule has 3 rings (SSSR count). The number of nitrogens with one attached hydrogen (secondary N) is 1. The highest BCUT2D eigenvalue weighted by Crippen LogP contribution is 2.34. The first kappa shape index (κ1) is 13.1. The smallest absolute Gasteiger partial charge is 0.123 e. The second-order valence-corrected chi connectivity index (χ2v) is 6.29. The molecule has 0 saturated heterocycles. The average molecular weight is 261 g/mol. The van der Waals surface area contributed by atoms with Crippen LogP contribution in [0.1, 0.15) is 62.6 Å². The number of hydrogen-bond acceptors (Lipinski definition) is 1. The predicted molar refractivity (Wildman–Crippen MR) is 76.6 cm³/mol. The fourth-order valence-corrected chi connectivity index (χ4v) is 3.85. The molecule has 2 aliphatic carbocycles. The topological polar surface area (TPSA) is 12.0 Å². The number of fused-ring (bicyclic) bond motifs is 1. The Morgan fingerprint density at radius 2 is 1.95 bits per heavy atom. The number of hydrogen-bond donors (Lipinski definition) is 1. The molecule has 0 bridgehead atoms. The van der Waals surface area contributed by atoms with E-state index in [-0.39, 0.29) is 5.82 Å². The van der Waals surface area contributed by atoms with E-state index in [0.717, 1.165) is 18.8 Å². The quantitative estimate of drug-likeness (QED) is 0.852. The van der Waals surface area contributed by atoms with Crippen molar-refractivity contribution in [1.29, 1.82) is 0 Å². The lowest BCUT2D eigenvalue weighted by atomic mass is 9.84. The molecule has 1 saturated carbocycles. The molecule has 1 fully saturated rings. The van der Waals surface area contributed by atoms with Crippen LogP contribution in [0.25, 0.3) is 0 Å². The van der Waals surface area contributed by atoms with Crippen LogP contribution in [-0.2, 0) is 6.42 Å². The van der Waals surface area contributed by atoms with E-state index in [1.807, 2.05) is 6.07 Å². The van der Waals surface area contributed by atoms with Crippen LogP contribution >= 0.6 is 0 Å². The van der Waals surface area contributed by atoms with Crippen LogP contribution < -0.4 is 5.32 Å². The van der Waals surface area contributed by atoms with Crippen molar-refractivity contribution in [3.05, 3.63) is 35.1 Å². The van der Waals surface area contributed by atoms with Gasteiger partial charge in [-0.3, -0.25) is 0 Å². The zero-order valence-corrected chi connectivity index (χ0v) is 11.8. The van der Waals surface area contributed by atoms with E-state index in [2.05, 4.69) is 12.2 Å². The maximum absolute atomic E-state index is 13.2. The summed E-state index contributed by atoms with van der Waals surface area (Å²) in [5, 5.41) is 3.80. The first-order chi connectivity index (χ1) is 9.24. The maximum Gasteiger partial charge on any atom is 0.123 e. The van der Waals surface area contributed by atoms with Gasteiger partial charge in [-0.15, -0.1) is 0 Å². The SMILES string of the molecule is C[C@H](NC1CCc2cc(F)ccc21)C1CCCCC1. The minimum absolute atomic E-state index is 0.0975. The van der Waals surface area contributed by atoms with Gasteiger partial charge in [0.25, 0.3) is 0 Å². The van der Waals surface area contributed by atoms with Gasteiger partial charge >= 0.3 is 0 Å². The van der Waals surface area contributed by atoms with Crippen molar-refractivity contribution in [1.82, 2.24) is 5.32 Å². The molecule has 2 aliphatic rings. The Kier molecular flexibility index (Phi) is 3.88. The molecule has 1 N–H and O–H groups in total. The summed E-state index contributed by atoms with van der Waals surface area (Å²) in [4.78, 5) is 0. The van der Waals surface area contributed by atoms with Crippen LogP contribution in [0.3, 0.4) is 0 Å². The molecule has 0 aromatic heterocycles. The second-order valence-electron chi connectivity index (χ2n) is 6.29. The third-order valence-corrected chi connectivity index (χ3v) is 5.00. The molecule has 0 amide bonds. The average Bonchev–Trinajstić information content (AvgIpc) is 2.82. The summed E-state index contributed by atoms with van der Waals surface area (Å²) >= 11 is 0. The highest BCUT2D eigenvalue weighted by molar-refractivity contribution is 5.35. The summed E-state index contributed by atoms with van der Waals surface area (Å²) < 4.78 is 13.2. The van der Waals surface area contributed by atoms with Crippen molar-refractivity contribution in [2.75, 3.05) is 0 Å². The molecule has 0 spiro atoms. The molecule has 19 heavy (non-hydrogen) atoms. The first-order valence-corrected chi connectivity index (χ1v) is 7.78. The molecule has 1 aromatic carbocycles. The fraction of sp³-hybridized carbons (Fsp3) is 0.647. The molecule has 2 atom stereocenters. The van der Waals surface area contributed by atoms with Gasteiger partial charge in [-0.1, -0.05) is 25.3 Å². The lowest BCUT2D eigenvalue weighted by Crippen LogP contribution is -2.36. The zero-order chi connectivity index (χ0) is 13.2. The molecule has 1 nitrogen and oxygen atoms in total. The lowest BCUT2D eigenvalue weighted by Gasteiger charge is -2.31. The van der Waals surface area contributed by atoms with Gasteiger partial charge < -0.3 is 5.32 Å². The third-order valence-electron chi connectivity index (χ3n) is 5.00. The lowest BCUT2D eigenvalue weighted by molar-refractivity contribution is 0.264. The van der Waals surface area contributed by atoms with Gasteiger partial charge in [0.2, 0.25) is 0 Å². The summed E-state index contributed by atoms with van der Waals surface area (Å²) in [7, 11) is 0. The summed E-state index contributed by atoms with van der Waals surface area (Å²) in [6, 6.07) is 6.31. The van der Waals surface area contributed by atoms with Gasteiger partial charge in [-0.25, -0.2) is 4.39 Å². The van der Waals surface area contributed by atoms with Crippen LogP contribution in [-0.4, -0.2) is 6.04 Å². The molecular weight excluding hydrogens is 237 g/mol. The van der Waals surface area contributed by atoms with Crippen LogP contribution in [0.2, 0.25) is 0 Å². The van der Waals surface area contributed by atoms with Gasteiger partial charge in [0.15, 0.2) is 0 Å². The Labute approximate surface area is 115 Å². The normalized spacial score (nSPS) is 25.3. The zero-order valence-electron chi connectivity index (χ0n) is 11.8. The third kappa shape index (κ3) is 2.84. The van der Waals surface area contributed by atoms with E-state index < -0.39 is 0 Å². The molecule has 104 valence electrons. The monoisotopic (exact) mass is 261 g/mol. The summed E-state index contributed by atoms with van der Waals surface area (Å²) in [6.07, 6.45) is 9.08. The van der Waals surface area contributed by atoms with Gasteiger partial charge in [-0.2, -0.15) is 0 Å². The number of halogens is 1. The van der Waals surface area contributed by atoms with Crippen molar-refractivity contribution in [2.45, 2.75) is 64.0 Å². The minimum atomic E-state index is -0.0975. The van der Waals surface area contributed by atoms with Crippen LogP contribution in [0.5, 0.6) is 0 Å². The summed E-state index contributed by atoms with van der Waals surface area (Å²) in [5.41, 5.74) is 2.53. The van der Waals surface area contributed by atoms with Crippen LogP contribution in [0.15, 0.2) is 18.2 Å². The van der Waals surface area contributed by atoms with E-state index in [1.165, 1.54) is 43.2 Å². The maximum atomic E-state index is 13.2. The van der Waals surface area contributed by atoms with Crippen molar-refractivity contribution < 1.29 is 4.39 Å². The van der Waals surface area contributed by atoms with Crippen molar-refractivity contribution >= 4 is 0 Å². The largest absolute Gasteiger partial charge is 0.307 e. The van der Waals surface area contributed by atoms with Gasteiger partial charge in [-0.05, 0) is 61.8 Å². The molecule has 0 radical (unpaired) electrons. The van der Waals surface area contributed by atoms with Gasteiger partial charge in [0.1, 0.15) is 5.82 Å². The first-order valence-electron chi connectivity index (χ1n) is 7.78. The molecule has 2 heteroatoms. The Morgan fingerprint density at radius 3 is 2.74 bits per heavy atom. The molecule has 1 unspecified atom stereocenters. The Balaban J connectivity index is 1.65. The fourth-order valence-electron chi connectivity index (χ4n) is 3.85. The number of aryl methyl sites for hydroxylation is 1. The second kappa shape index (κ2) is 5.62. The van der Waals surface area contributed by atoms with Crippen LogP contribution in [0.4, 0.5) is 4.39 Å². The van der Waals surface area contributed by atoms with Gasteiger partial charge in [0.05, 0.1) is 0 Å². The number of rotatable bonds is 3. The highest BCUT2D eigenvalue weighted by atomic mass is 19.1. The van der Waals surface area contributed by atoms with E-state index in [1.54, 1.807) is 12.1 Å².